The van der Waals surface area contributed by atoms with Gasteiger partial charge in [0.05, 0.1) is 0 Å². The fraction of sp³-hybridized carbons (Fsp3) is 0.467. The van der Waals surface area contributed by atoms with Crippen LogP contribution in [0.3, 0.4) is 0 Å². The first-order valence-corrected chi connectivity index (χ1v) is 6.70. The van der Waals surface area contributed by atoms with E-state index < -0.39 is 0 Å². The second-order valence-electron chi connectivity index (χ2n) is 5.24. The Kier molecular flexibility index (Phi) is 4.00. The average molecular weight is 259 g/mol. The van der Waals surface area contributed by atoms with Crippen LogP contribution in [0.4, 0.5) is 0 Å². The number of hydrogen-bond acceptors (Lipinski definition) is 3. The number of nitrogens with zero attached hydrogens (tertiary/aromatic N) is 3. The lowest BCUT2D eigenvalue weighted by atomic mass is 9.83. The Balaban J connectivity index is 2.48. The summed E-state index contributed by atoms with van der Waals surface area (Å²) >= 11 is 0. The maximum absolute atomic E-state index is 9.37. The minimum absolute atomic E-state index is 0.0716. The molecule has 0 saturated carbocycles. The van der Waals surface area contributed by atoms with Crippen LogP contribution in [0.5, 0.6) is 0 Å². The lowest BCUT2D eigenvalue weighted by Crippen LogP contribution is -2.25. The lowest BCUT2D eigenvalue weighted by molar-refractivity contribution is 0.263. The van der Waals surface area contributed by atoms with Crippen molar-refractivity contribution in [1.29, 1.82) is 0 Å². The smallest absolute Gasteiger partial charge is 0.158 e. The van der Waals surface area contributed by atoms with Crippen LogP contribution in [0.15, 0.2) is 30.3 Å². The molecule has 0 aliphatic heterocycles. The van der Waals surface area contributed by atoms with E-state index in [0.717, 1.165) is 18.8 Å². The molecule has 4 nitrogen and oxygen atoms in total. The van der Waals surface area contributed by atoms with E-state index >= 15 is 0 Å². The Bertz CT molecular complexity index is 532. The zero-order valence-electron chi connectivity index (χ0n) is 11.8. The minimum atomic E-state index is -0.225. The monoisotopic (exact) mass is 259 g/mol. The second kappa shape index (κ2) is 5.53. The number of aromatic nitrogens is 3. The van der Waals surface area contributed by atoms with Crippen LogP contribution in [0.2, 0.25) is 0 Å². The van der Waals surface area contributed by atoms with E-state index in [-0.39, 0.29) is 12.0 Å². The largest absolute Gasteiger partial charge is 0.388 e. The summed E-state index contributed by atoms with van der Waals surface area (Å²) in [7, 11) is 0. The molecule has 2 rings (SSSR count). The Labute approximate surface area is 114 Å². The number of benzene rings is 1. The molecule has 0 fully saturated rings. The predicted molar refractivity (Wildman–Crippen MR) is 74.8 cm³/mol. The Morgan fingerprint density at radius 2 is 1.84 bits per heavy atom. The first kappa shape index (κ1) is 13.7. The van der Waals surface area contributed by atoms with Gasteiger partial charge in [-0.05, 0) is 25.8 Å². The average Bonchev–Trinajstić information content (AvgIpc) is 2.84. The van der Waals surface area contributed by atoms with Gasteiger partial charge in [0.1, 0.15) is 12.4 Å². The van der Waals surface area contributed by atoms with Gasteiger partial charge in [0.15, 0.2) is 5.82 Å². The fourth-order valence-electron chi connectivity index (χ4n) is 2.36. The summed E-state index contributed by atoms with van der Waals surface area (Å²) in [6.45, 7) is 7.14. The lowest BCUT2D eigenvalue weighted by Gasteiger charge is -2.25. The van der Waals surface area contributed by atoms with Crippen molar-refractivity contribution in [3.63, 3.8) is 0 Å². The van der Waals surface area contributed by atoms with Crippen molar-refractivity contribution >= 4 is 0 Å². The van der Waals surface area contributed by atoms with Crippen LogP contribution >= 0.6 is 0 Å². The van der Waals surface area contributed by atoms with Gasteiger partial charge in [-0.25, -0.2) is 0 Å². The second-order valence-corrected chi connectivity index (χ2v) is 5.24. The summed E-state index contributed by atoms with van der Waals surface area (Å²) in [5.74, 6) is 1.55. The minimum Gasteiger partial charge on any atom is -0.388 e. The number of aliphatic hydroxyl groups is 1. The van der Waals surface area contributed by atoms with Crippen LogP contribution in [-0.2, 0) is 18.6 Å². The summed E-state index contributed by atoms with van der Waals surface area (Å²) in [6.07, 6.45) is 0.989. The van der Waals surface area contributed by atoms with E-state index in [0.29, 0.717) is 5.82 Å². The molecule has 1 aromatic carbocycles. The van der Waals surface area contributed by atoms with Gasteiger partial charge in [0, 0.05) is 12.0 Å². The topological polar surface area (TPSA) is 50.9 Å². The highest BCUT2D eigenvalue weighted by Gasteiger charge is 2.29. The van der Waals surface area contributed by atoms with E-state index in [4.69, 9.17) is 0 Å². The van der Waals surface area contributed by atoms with Crippen molar-refractivity contribution < 1.29 is 5.11 Å². The van der Waals surface area contributed by atoms with Crippen molar-refractivity contribution in [2.45, 2.75) is 45.8 Å². The molecular formula is C15H21N3O. The highest BCUT2D eigenvalue weighted by Crippen LogP contribution is 2.30. The van der Waals surface area contributed by atoms with Gasteiger partial charge < -0.3 is 9.67 Å². The number of rotatable bonds is 5. The summed E-state index contributed by atoms with van der Waals surface area (Å²) in [6, 6.07) is 10.3. The first-order valence-electron chi connectivity index (χ1n) is 6.70. The van der Waals surface area contributed by atoms with E-state index in [1.807, 2.05) is 22.8 Å². The predicted octanol–water partition coefficient (Wildman–Crippen LogP) is 2.51. The first-order chi connectivity index (χ1) is 9.11. The van der Waals surface area contributed by atoms with Gasteiger partial charge in [-0.1, -0.05) is 37.3 Å². The quantitative estimate of drug-likeness (QED) is 0.897. The van der Waals surface area contributed by atoms with Crippen molar-refractivity contribution in [3.8, 4) is 0 Å². The maximum atomic E-state index is 9.37. The van der Waals surface area contributed by atoms with Gasteiger partial charge in [-0.15, -0.1) is 10.2 Å². The van der Waals surface area contributed by atoms with Crippen molar-refractivity contribution in [3.05, 3.63) is 47.5 Å². The van der Waals surface area contributed by atoms with E-state index in [9.17, 15) is 5.11 Å². The van der Waals surface area contributed by atoms with Crippen molar-refractivity contribution in [2.75, 3.05) is 0 Å². The molecule has 0 atom stereocenters. The molecule has 1 heterocycles. The van der Waals surface area contributed by atoms with Crippen molar-refractivity contribution in [2.24, 2.45) is 0 Å². The molecule has 2 aromatic rings. The fourth-order valence-corrected chi connectivity index (χ4v) is 2.36. The molecule has 0 aliphatic rings. The molecule has 4 heteroatoms. The molecule has 1 aromatic heterocycles. The molecule has 0 unspecified atom stereocenters. The molecule has 102 valence electrons. The van der Waals surface area contributed by atoms with Crippen LogP contribution in [0, 0.1) is 0 Å². The maximum Gasteiger partial charge on any atom is 0.158 e. The molecule has 0 amide bonds. The van der Waals surface area contributed by atoms with Crippen LogP contribution in [0.1, 0.15) is 44.4 Å². The molecule has 0 saturated heterocycles. The Morgan fingerprint density at radius 1 is 1.16 bits per heavy atom. The Hall–Kier alpha value is -1.68. The SMILES string of the molecule is CCCn1c(CO)nnc1C(C)(C)c1ccccc1. The highest BCUT2D eigenvalue weighted by atomic mass is 16.3. The summed E-state index contributed by atoms with van der Waals surface area (Å²) in [5.41, 5.74) is 0.973. The van der Waals surface area contributed by atoms with Gasteiger partial charge in [0.2, 0.25) is 0 Å². The zero-order chi connectivity index (χ0) is 13.9. The van der Waals surface area contributed by atoms with Gasteiger partial charge in [0.25, 0.3) is 0 Å². The van der Waals surface area contributed by atoms with Crippen LogP contribution in [0.25, 0.3) is 0 Å². The summed E-state index contributed by atoms with van der Waals surface area (Å²) in [5, 5.41) is 17.8. The summed E-state index contributed by atoms with van der Waals surface area (Å²) < 4.78 is 2.03. The van der Waals surface area contributed by atoms with Gasteiger partial charge in [-0.3, -0.25) is 0 Å². The number of aliphatic hydroxyl groups excluding tert-OH is 1. The third-order valence-corrected chi connectivity index (χ3v) is 3.47. The molecular weight excluding hydrogens is 238 g/mol. The molecule has 0 spiro atoms. The molecule has 19 heavy (non-hydrogen) atoms. The molecule has 1 N–H and O–H groups in total. The van der Waals surface area contributed by atoms with Crippen molar-refractivity contribution in [1.82, 2.24) is 14.8 Å². The Morgan fingerprint density at radius 3 is 2.42 bits per heavy atom. The normalized spacial score (nSPS) is 11.8. The van der Waals surface area contributed by atoms with Crippen LogP contribution < -0.4 is 0 Å². The highest BCUT2D eigenvalue weighted by molar-refractivity contribution is 5.31. The van der Waals surface area contributed by atoms with E-state index in [1.165, 1.54) is 5.56 Å². The molecule has 0 bridgehead atoms. The third-order valence-electron chi connectivity index (χ3n) is 3.47. The van der Waals surface area contributed by atoms with E-state index in [1.54, 1.807) is 0 Å². The summed E-state index contributed by atoms with van der Waals surface area (Å²) in [4.78, 5) is 0. The molecule has 0 radical (unpaired) electrons. The molecule has 0 aliphatic carbocycles. The van der Waals surface area contributed by atoms with E-state index in [2.05, 4.69) is 43.1 Å². The third kappa shape index (κ3) is 2.54. The van der Waals surface area contributed by atoms with Crippen LogP contribution in [-0.4, -0.2) is 19.9 Å². The number of hydrogen-bond donors (Lipinski definition) is 1. The van der Waals surface area contributed by atoms with Gasteiger partial charge in [-0.2, -0.15) is 0 Å². The zero-order valence-corrected chi connectivity index (χ0v) is 11.8. The van der Waals surface area contributed by atoms with Gasteiger partial charge >= 0.3 is 0 Å². The standard InChI is InChI=1S/C15H21N3O/c1-4-10-18-13(11-19)16-17-14(18)15(2,3)12-8-6-5-7-9-12/h5-9,19H,4,10-11H2,1-3H3.